The van der Waals surface area contributed by atoms with Crippen LogP contribution >= 0.6 is 0 Å². The summed E-state index contributed by atoms with van der Waals surface area (Å²) in [5, 5.41) is 2.88. The molecule has 2 amide bonds. The minimum atomic E-state index is -0.194. The molecule has 0 aliphatic rings. The van der Waals surface area contributed by atoms with Crippen LogP contribution in [0.25, 0.3) is 0 Å². The van der Waals surface area contributed by atoms with Gasteiger partial charge in [0, 0.05) is 30.4 Å². The van der Waals surface area contributed by atoms with Crippen LogP contribution in [0, 0.1) is 0 Å². The molecule has 0 saturated carbocycles. The van der Waals surface area contributed by atoms with E-state index in [1.54, 1.807) is 36.2 Å². The largest absolute Gasteiger partial charge is 0.337 e. The Morgan fingerprint density at radius 3 is 2.00 bits per heavy atom. The Morgan fingerprint density at radius 1 is 0.786 bits per heavy atom. The van der Waals surface area contributed by atoms with Crippen LogP contribution in [-0.4, -0.2) is 23.8 Å². The normalized spacial score (nSPS) is 10.4. The summed E-state index contributed by atoms with van der Waals surface area (Å²) in [6.45, 7) is 2.63. The number of hydrogen-bond acceptors (Lipinski definition) is 2. The number of hydrogen-bond donors (Lipinski definition) is 1. The molecular weight excluding hydrogens is 348 g/mol. The molecule has 0 aromatic heterocycles. The van der Waals surface area contributed by atoms with Gasteiger partial charge in [-0.05, 0) is 53.9 Å². The van der Waals surface area contributed by atoms with Crippen molar-refractivity contribution in [3.63, 3.8) is 0 Å². The van der Waals surface area contributed by atoms with Gasteiger partial charge in [-0.25, -0.2) is 0 Å². The van der Waals surface area contributed by atoms with E-state index in [0.717, 1.165) is 17.7 Å². The molecule has 0 bridgehead atoms. The summed E-state index contributed by atoms with van der Waals surface area (Å²) in [4.78, 5) is 26.7. The molecule has 28 heavy (non-hydrogen) atoms. The average Bonchev–Trinajstić information content (AvgIpc) is 2.74. The number of benzene rings is 3. The van der Waals surface area contributed by atoms with E-state index in [1.807, 2.05) is 54.6 Å². The van der Waals surface area contributed by atoms with Crippen molar-refractivity contribution < 1.29 is 9.59 Å². The molecule has 3 rings (SSSR count). The van der Waals surface area contributed by atoms with Gasteiger partial charge >= 0.3 is 0 Å². The van der Waals surface area contributed by atoms with Gasteiger partial charge in [0.15, 0.2) is 0 Å². The number of anilines is 1. The third-order valence-electron chi connectivity index (χ3n) is 4.62. The minimum absolute atomic E-state index is 0.0778. The molecule has 0 saturated heterocycles. The molecule has 0 fully saturated rings. The molecule has 0 heterocycles. The van der Waals surface area contributed by atoms with Gasteiger partial charge in [0.1, 0.15) is 0 Å². The van der Waals surface area contributed by atoms with Crippen LogP contribution in [0.5, 0.6) is 0 Å². The van der Waals surface area contributed by atoms with Crippen molar-refractivity contribution in [2.75, 3.05) is 12.4 Å². The first-order valence-electron chi connectivity index (χ1n) is 9.36. The van der Waals surface area contributed by atoms with Gasteiger partial charge < -0.3 is 10.2 Å². The first-order valence-corrected chi connectivity index (χ1v) is 9.36. The molecular formula is C24H24N2O2. The Kier molecular flexibility index (Phi) is 6.22. The van der Waals surface area contributed by atoms with Gasteiger partial charge in [0.2, 0.25) is 0 Å². The van der Waals surface area contributed by atoms with Crippen molar-refractivity contribution in [2.45, 2.75) is 19.9 Å². The number of rotatable bonds is 6. The summed E-state index contributed by atoms with van der Waals surface area (Å²) in [6.07, 6.45) is 0.961. The van der Waals surface area contributed by atoms with Gasteiger partial charge in [0.25, 0.3) is 11.8 Å². The van der Waals surface area contributed by atoms with Gasteiger partial charge in [-0.15, -0.1) is 0 Å². The lowest BCUT2D eigenvalue weighted by molar-refractivity contribution is 0.0784. The molecule has 0 unspecified atom stereocenters. The van der Waals surface area contributed by atoms with E-state index in [9.17, 15) is 9.59 Å². The molecule has 0 aliphatic heterocycles. The van der Waals surface area contributed by atoms with Gasteiger partial charge in [-0.3, -0.25) is 9.59 Å². The number of carbonyl (C=O) groups is 2. The topological polar surface area (TPSA) is 49.4 Å². The summed E-state index contributed by atoms with van der Waals surface area (Å²) < 4.78 is 0. The van der Waals surface area contributed by atoms with E-state index in [1.165, 1.54) is 5.56 Å². The standard InChI is InChI=1S/C24H24N2O2/c1-3-18-9-15-22(16-10-18)25-23(27)20-11-13-21(14-12-20)24(28)26(2)17-19-7-5-4-6-8-19/h4-16H,3,17H2,1-2H3,(H,25,27). The van der Waals surface area contributed by atoms with Crippen LogP contribution in [0.3, 0.4) is 0 Å². The summed E-state index contributed by atoms with van der Waals surface area (Å²) in [5.74, 6) is -0.271. The molecule has 0 radical (unpaired) electrons. The molecule has 0 spiro atoms. The van der Waals surface area contributed by atoms with Crippen molar-refractivity contribution >= 4 is 17.5 Å². The Labute approximate surface area is 165 Å². The molecule has 4 nitrogen and oxygen atoms in total. The fourth-order valence-electron chi connectivity index (χ4n) is 2.94. The third-order valence-corrected chi connectivity index (χ3v) is 4.62. The van der Waals surface area contributed by atoms with Crippen molar-refractivity contribution in [3.05, 3.63) is 101 Å². The van der Waals surface area contributed by atoms with E-state index in [0.29, 0.717) is 17.7 Å². The van der Waals surface area contributed by atoms with Crippen LogP contribution in [0.15, 0.2) is 78.9 Å². The van der Waals surface area contributed by atoms with Crippen molar-refractivity contribution in [1.82, 2.24) is 4.90 Å². The van der Waals surface area contributed by atoms with E-state index in [2.05, 4.69) is 12.2 Å². The maximum atomic E-state index is 12.6. The van der Waals surface area contributed by atoms with Crippen LogP contribution in [0.2, 0.25) is 0 Å². The highest BCUT2D eigenvalue weighted by molar-refractivity contribution is 6.05. The zero-order valence-corrected chi connectivity index (χ0v) is 16.2. The van der Waals surface area contributed by atoms with E-state index in [-0.39, 0.29) is 11.8 Å². The number of amides is 2. The summed E-state index contributed by atoms with van der Waals surface area (Å²) >= 11 is 0. The monoisotopic (exact) mass is 372 g/mol. The third kappa shape index (κ3) is 4.86. The summed E-state index contributed by atoms with van der Waals surface area (Å²) in [7, 11) is 1.77. The average molecular weight is 372 g/mol. The summed E-state index contributed by atoms with van der Waals surface area (Å²) in [5.41, 5.74) is 4.12. The van der Waals surface area contributed by atoms with Crippen LogP contribution in [-0.2, 0) is 13.0 Å². The maximum Gasteiger partial charge on any atom is 0.255 e. The fourth-order valence-corrected chi connectivity index (χ4v) is 2.94. The zero-order valence-electron chi connectivity index (χ0n) is 16.2. The molecule has 142 valence electrons. The number of aryl methyl sites for hydroxylation is 1. The predicted octanol–water partition coefficient (Wildman–Crippen LogP) is 4.77. The van der Waals surface area contributed by atoms with Crippen LogP contribution in [0.1, 0.15) is 38.8 Å². The molecule has 3 aromatic carbocycles. The molecule has 3 aromatic rings. The highest BCUT2D eigenvalue weighted by atomic mass is 16.2. The Morgan fingerprint density at radius 2 is 1.39 bits per heavy atom. The van der Waals surface area contributed by atoms with E-state index >= 15 is 0 Å². The van der Waals surface area contributed by atoms with Crippen molar-refractivity contribution in [1.29, 1.82) is 0 Å². The van der Waals surface area contributed by atoms with Gasteiger partial charge in [0.05, 0.1) is 0 Å². The number of nitrogens with zero attached hydrogens (tertiary/aromatic N) is 1. The smallest absolute Gasteiger partial charge is 0.255 e. The quantitative estimate of drug-likeness (QED) is 0.677. The molecule has 4 heteroatoms. The van der Waals surface area contributed by atoms with Gasteiger partial charge in [-0.2, -0.15) is 0 Å². The zero-order chi connectivity index (χ0) is 19.9. The van der Waals surface area contributed by atoms with Crippen LogP contribution < -0.4 is 5.32 Å². The molecule has 0 aliphatic carbocycles. The highest BCUT2D eigenvalue weighted by Crippen LogP contribution is 2.14. The number of carbonyl (C=O) groups excluding carboxylic acids is 2. The Balaban J connectivity index is 1.63. The van der Waals surface area contributed by atoms with E-state index < -0.39 is 0 Å². The highest BCUT2D eigenvalue weighted by Gasteiger charge is 2.13. The fraction of sp³-hybridized carbons (Fsp3) is 0.167. The Bertz CT molecular complexity index is 933. The lowest BCUT2D eigenvalue weighted by Crippen LogP contribution is -2.26. The van der Waals surface area contributed by atoms with Crippen LogP contribution in [0.4, 0.5) is 5.69 Å². The SMILES string of the molecule is CCc1ccc(NC(=O)c2ccc(C(=O)N(C)Cc3ccccc3)cc2)cc1. The second-order valence-corrected chi connectivity index (χ2v) is 6.73. The second kappa shape index (κ2) is 9.00. The second-order valence-electron chi connectivity index (χ2n) is 6.73. The first kappa shape index (κ1) is 19.4. The molecule has 1 N–H and O–H groups in total. The first-order chi connectivity index (χ1) is 13.6. The van der Waals surface area contributed by atoms with Gasteiger partial charge in [-0.1, -0.05) is 49.4 Å². The lowest BCUT2D eigenvalue weighted by Gasteiger charge is -2.17. The Hall–Kier alpha value is -3.40. The van der Waals surface area contributed by atoms with Crippen molar-refractivity contribution in [2.24, 2.45) is 0 Å². The lowest BCUT2D eigenvalue weighted by atomic mass is 10.1. The summed E-state index contributed by atoms with van der Waals surface area (Å²) in [6, 6.07) is 24.4. The molecule has 0 atom stereocenters. The minimum Gasteiger partial charge on any atom is -0.337 e. The predicted molar refractivity (Wildman–Crippen MR) is 112 cm³/mol. The maximum absolute atomic E-state index is 12.6. The number of nitrogens with one attached hydrogen (secondary N) is 1. The van der Waals surface area contributed by atoms with E-state index in [4.69, 9.17) is 0 Å². The van der Waals surface area contributed by atoms with Crippen molar-refractivity contribution in [3.8, 4) is 0 Å².